The zero-order valence-corrected chi connectivity index (χ0v) is 11.4. The molecule has 2 N–H and O–H groups in total. The summed E-state index contributed by atoms with van der Waals surface area (Å²) >= 11 is 0. The van der Waals surface area contributed by atoms with E-state index in [4.69, 9.17) is 0 Å². The van der Waals surface area contributed by atoms with Crippen LogP contribution in [0, 0.1) is 5.41 Å². The van der Waals surface area contributed by atoms with Gasteiger partial charge >= 0.3 is 5.97 Å². The third-order valence-electron chi connectivity index (χ3n) is 3.97. The number of hydrogen-bond acceptors (Lipinski definition) is 4. The van der Waals surface area contributed by atoms with Crippen molar-refractivity contribution >= 4 is 11.9 Å². The number of amides is 1. The minimum atomic E-state index is -0.863. The number of aromatic nitrogens is 1. The molecule has 1 saturated heterocycles. The fourth-order valence-corrected chi connectivity index (χ4v) is 2.65. The molecule has 108 valence electrons. The highest BCUT2D eigenvalue weighted by molar-refractivity contribution is 5.94. The van der Waals surface area contributed by atoms with E-state index >= 15 is 0 Å². The average molecular weight is 278 g/mol. The smallest absolute Gasteiger partial charge is 0.311 e. The number of carbonyl (C=O) groups is 2. The van der Waals surface area contributed by atoms with Crippen molar-refractivity contribution in [3.8, 4) is 5.75 Å². The van der Waals surface area contributed by atoms with Crippen molar-refractivity contribution < 1.29 is 19.8 Å². The Bertz CT molecular complexity index is 532. The van der Waals surface area contributed by atoms with E-state index in [1.807, 2.05) is 6.92 Å². The maximum Gasteiger partial charge on any atom is 0.311 e. The molecule has 0 spiro atoms. The number of carbonyl (C=O) groups excluding carboxylic acids is 1. The van der Waals surface area contributed by atoms with E-state index in [0.717, 1.165) is 0 Å². The minimum Gasteiger partial charge on any atom is -0.506 e. The number of likely N-dealkylation sites (tertiary alicyclic amines) is 1. The van der Waals surface area contributed by atoms with E-state index in [0.29, 0.717) is 25.8 Å². The number of rotatable bonds is 3. The maximum atomic E-state index is 12.4. The van der Waals surface area contributed by atoms with Crippen LogP contribution in [0.25, 0.3) is 0 Å². The number of nitrogens with zero attached hydrogens (tertiary/aromatic N) is 2. The summed E-state index contributed by atoms with van der Waals surface area (Å²) in [7, 11) is 0. The monoisotopic (exact) mass is 278 g/mol. The first kappa shape index (κ1) is 14.3. The van der Waals surface area contributed by atoms with Crippen LogP contribution in [0.1, 0.15) is 36.5 Å². The molecule has 1 aliphatic rings. The number of carboxylic acids is 1. The van der Waals surface area contributed by atoms with Gasteiger partial charge < -0.3 is 15.1 Å². The minimum absolute atomic E-state index is 0.0761. The Balaban J connectivity index is 2.21. The molecule has 20 heavy (non-hydrogen) atoms. The van der Waals surface area contributed by atoms with Crippen molar-refractivity contribution in [2.24, 2.45) is 5.41 Å². The van der Waals surface area contributed by atoms with E-state index in [9.17, 15) is 19.8 Å². The van der Waals surface area contributed by atoms with Crippen molar-refractivity contribution in [3.05, 3.63) is 24.0 Å². The fraction of sp³-hybridized carbons (Fsp3) is 0.500. The highest BCUT2D eigenvalue weighted by atomic mass is 16.4. The van der Waals surface area contributed by atoms with Crippen molar-refractivity contribution in [1.29, 1.82) is 0 Å². The molecular formula is C14H18N2O4. The van der Waals surface area contributed by atoms with Gasteiger partial charge in [0.1, 0.15) is 5.75 Å². The van der Waals surface area contributed by atoms with Crippen LogP contribution in [0.2, 0.25) is 0 Å². The van der Waals surface area contributed by atoms with Gasteiger partial charge in [-0.1, -0.05) is 6.92 Å². The summed E-state index contributed by atoms with van der Waals surface area (Å²) in [5.74, 6) is -1.22. The topological polar surface area (TPSA) is 90.7 Å². The standard InChI is InChI=1S/C14H18N2O4/c1-2-14(13(19)20)4-3-5-16(9-14)12(18)10-6-11(17)8-15-7-10/h6-8,17H,2-5,9H2,1H3,(H,19,20). The van der Waals surface area contributed by atoms with Gasteiger partial charge in [-0.2, -0.15) is 0 Å². The number of aromatic hydroxyl groups is 1. The van der Waals surface area contributed by atoms with Gasteiger partial charge in [-0.15, -0.1) is 0 Å². The summed E-state index contributed by atoms with van der Waals surface area (Å²) in [5.41, 5.74) is -0.583. The van der Waals surface area contributed by atoms with Crippen molar-refractivity contribution in [3.63, 3.8) is 0 Å². The van der Waals surface area contributed by atoms with Crippen LogP contribution >= 0.6 is 0 Å². The molecular weight excluding hydrogens is 260 g/mol. The Morgan fingerprint density at radius 2 is 2.20 bits per heavy atom. The third kappa shape index (κ3) is 2.59. The number of carboxylic acid groups (broad SMARTS) is 1. The van der Waals surface area contributed by atoms with Gasteiger partial charge in [-0.25, -0.2) is 0 Å². The third-order valence-corrected chi connectivity index (χ3v) is 3.97. The molecule has 0 radical (unpaired) electrons. The first-order chi connectivity index (χ1) is 9.48. The zero-order chi connectivity index (χ0) is 14.8. The molecule has 2 rings (SSSR count). The van der Waals surface area contributed by atoms with Crippen LogP contribution in [0.4, 0.5) is 0 Å². The largest absolute Gasteiger partial charge is 0.506 e. The van der Waals surface area contributed by atoms with Gasteiger partial charge in [0.25, 0.3) is 5.91 Å². The van der Waals surface area contributed by atoms with Crippen LogP contribution in [-0.2, 0) is 4.79 Å². The summed E-state index contributed by atoms with van der Waals surface area (Å²) in [6.45, 7) is 2.56. The predicted molar refractivity (Wildman–Crippen MR) is 71.4 cm³/mol. The zero-order valence-electron chi connectivity index (χ0n) is 11.4. The molecule has 1 atom stereocenters. The van der Waals surface area contributed by atoms with Gasteiger partial charge in [0.05, 0.1) is 17.2 Å². The highest BCUT2D eigenvalue weighted by Crippen LogP contribution is 2.34. The van der Waals surface area contributed by atoms with Gasteiger partial charge in [0.15, 0.2) is 0 Å². The van der Waals surface area contributed by atoms with Crippen molar-refractivity contribution in [1.82, 2.24) is 9.88 Å². The number of pyridine rings is 1. The van der Waals surface area contributed by atoms with Crippen LogP contribution < -0.4 is 0 Å². The molecule has 1 fully saturated rings. The summed E-state index contributed by atoms with van der Waals surface area (Å²) in [6, 6.07) is 1.35. The molecule has 0 bridgehead atoms. The van der Waals surface area contributed by atoms with Gasteiger partial charge in [-0.05, 0) is 25.3 Å². The van der Waals surface area contributed by atoms with Gasteiger partial charge in [0.2, 0.25) is 0 Å². The number of hydrogen-bond donors (Lipinski definition) is 2. The Kier molecular flexibility index (Phi) is 3.92. The SMILES string of the molecule is CCC1(C(=O)O)CCCN(C(=O)c2cncc(O)c2)C1. The Morgan fingerprint density at radius 3 is 2.80 bits per heavy atom. The van der Waals surface area contributed by atoms with E-state index in [1.165, 1.54) is 23.4 Å². The molecule has 6 nitrogen and oxygen atoms in total. The summed E-state index contributed by atoms with van der Waals surface area (Å²) in [4.78, 5) is 29.2. The second kappa shape index (κ2) is 5.48. The second-order valence-electron chi connectivity index (χ2n) is 5.20. The van der Waals surface area contributed by atoms with Crippen LogP contribution in [-0.4, -0.2) is 45.1 Å². The Labute approximate surface area is 117 Å². The van der Waals surface area contributed by atoms with E-state index in [2.05, 4.69) is 4.98 Å². The lowest BCUT2D eigenvalue weighted by Crippen LogP contribution is -2.49. The lowest BCUT2D eigenvalue weighted by atomic mass is 9.77. The van der Waals surface area contributed by atoms with Crippen LogP contribution in [0.3, 0.4) is 0 Å². The van der Waals surface area contributed by atoms with E-state index in [-0.39, 0.29) is 23.8 Å². The number of piperidine rings is 1. The molecule has 1 aliphatic heterocycles. The molecule has 1 unspecified atom stereocenters. The average Bonchev–Trinajstić information content (AvgIpc) is 2.46. The second-order valence-corrected chi connectivity index (χ2v) is 5.20. The van der Waals surface area contributed by atoms with Crippen molar-refractivity contribution in [2.75, 3.05) is 13.1 Å². The van der Waals surface area contributed by atoms with Crippen LogP contribution in [0.15, 0.2) is 18.5 Å². The summed E-state index contributed by atoms with van der Waals surface area (Å²) in [5, 5.41) is 18.8. The molecule has 1 amide bonds. The molecule has 2 heterocycles. The van der Waals surface area contributed by atoms with E-state index in [1.54, 1.807) is 0 Å². The van der Waals surface area contributed by atoms with Crippen LogP contribution in [0.5, 0.6) is 5.75 Å². The van der Waals surface area contributed by atoms with Crippen molar-refractivity contribution in [2.45, 2.75) is 26.2 Å². The molecule has 0 aromatic carbocycles. The lowest BCUT2D eigenvalue weighted by Gasteiger charge is -2.39. The molecule has 0 saturated carbocycles. The first-order valence-electron chi connectivity index (χ1n) is 6.65. The molecule has 6 heteroatoms. The summed E-state index contributed by atoms with van der Waals surface area (Å²) < 4.78 is 0. The molecule has 1 aromatic heterocycles. The van der Waals surface area contributed by atoms with E-state index < -0.39 is 11.4 Å². The fourth-order valence-electron chi connectivity index (χ4n) is 2.65. The normalized spacial score (nSPS) is 22.6. The first-order valence-corrected chi connectivity index (χ1v) is 6.65. The van der Waals surface area contributed by atoms with Gasteiger partial charge in [-0.3, -0.25) is 14.6 Å². The quantitative estimate of drug-likeness (QED) is 0.874. The molecule has 0 aliphatic carbocycles. The Morgan fingerprint density at radius 1 is 1.45 bits per heavy atom. The Hall–Kier alpha value is -2.11. The molecule has 1 aromatic rings. The maximum absolute atomic E-state index is 12.4. The number of aliphatic carboxylic acids is 1. The van der Waals surface area contributed by atoms with Gasteiger partial charge in [0, 0.05) is 19.3 Å². The summed E-state index contributed by atoms with van der Waals surface area (Å²) in [6.07, 6.45) is 4.37. The predicted octanol–water partition coefficient (Wildman–Crippen LogP) is 1.50. The highest BCUT2D eigenvalue weighted by Gasteiger charge is 2.42. The lowest BCUT2D eigenvalue weighted by molar-refractivity contribution is -0.152.